The predicted octanol–water partition coefficient (Wildman–Crippen LogP) is 3.19. The van der Waals surface area contributed by atoms with Gasteiger partial charge in [-0.05, 0) is 55.5 Å². The van der Waals surface area contributed by atoms with E-state index < -0.39 is 0 Å². The van der Waals surface area contributed by atoms with Crippen LogP contribution in [0.15, 0.2) is 18.2 Å². The number of nitrogens with two attached hydrogens (primary N) is 1. The van der Waals surface area contributed by atoms with E-state index >= 15 is 0 Å². The van der Waals surface area contributed by atoms with Gasteiger partial charge in [-0.1, -0.05) is 6.07 Å². The van der Waals surface area contributed by atoms with Gasteiger partial charge in [0.15, 0.2) is 0 Å². The van der Waals surface area contributed by atoms with Gasteiger partial charge in [0.1, 0.15) is 0 Å². The van der Waals surface area contributed by atoms with Crippen molar-refractivity contribution < 1.29 is 0 Å². The predicted molar refractivity (Wildman–Crippen MR) is 71.1 cm³/mol. The van der Waals surface area contributed by atoms with E-state index in [0.29, 0.717) is 12.5 Å². The molecule has 0 spiro atoms. The van der Waals surface area contributed by atoms with Crippen LogP contribution in [-0.4, -0.2) is 4.98 Å². The fourth-order valence-corrected chi connectivity index (χ4v) is 2.62. The lowest BCUT2D eigenvalue weighted by Crippen LogP contribution is -2.02. The van der Waals surface area contributed by atoms with Crippen LogP contribution in [0.5, 0.6) is 0 Å². The Bertz CT molecular complexity index is 583. The molecule has 88 valence electrons. The van der Waals surface area contributed by atoms with Crippen molar-refractivity contribution in [3.8, 4) is 0 Å². The standard InChI is InChI=1S/C15H18N2/c1-9-5-10(2)15-12(8-16)7-13(11-3-4-11)17-14(15)6-9/h5-7,11H,3-4,8,16H2,1-2H3. The molecule has 0 atom stereocenters. The molecule has 1 aliphatic carbocycles. The molecule has 17 heavy (non-hydrogen) atoms. The quantitative estimate of drug-likeness (QED) is 0.854. The van der Waals surface area contributed by atoms with E-state index in [1.165, 1.54) is 40.6 Å². The maximum Gasteiger partial charge on any atom is 0.0713 e. The molecule has 2 heteroatoms. The number of pyridine rings is 1. The second-order valence-electron chi connectivity index (χ2n) is 5.16. The molecule has 2 N–H and O–H groups in total. The largest absolute Gasteiger partial charge is 0.326 e. The molecule has 2 aromatic rings. The summed E-state index contributed by atoms with van der Waals surface area (Å²) in [5.41, 5.74) is 12.0. The average Bonchev–Trinajstić information content (AvgIpc) is 3.10. The van der Waals surface area contributed by atoms with Crippen LogP contribution in [0, 0.1) is 13.8 Å². The first-order chi connectivity index (χ1) is 8.19. The molecular weight excluding hydrogens is 208 g/mol. The Morgan fingerprint density at radius 2 is 2.00 bits per heavy atom. The van der Waals surface area contributed by atoms with Crippen LogP contribution in [0.3, 0.4) is 0 Å². The van der Waals surface area contributed by atoms with E-state index in [4.69, 9.17) is 10.7 Å². The highest BCUT2D eigenvalue weighted by molar-refractivity contribution is 5.86. The van der Waals surface area contributed by atoms with Gasteiger partial charge < -0.3 is 5.73 Å². The summed E-state index contributed by atoms with van der Waals surface area (Å²) >= 11 is 0. The molecule has 1 fully saturated rings. The van der Waals surface area contributed by atoms with Crippen molar-refractivity contribution in [3.05, 3.63) is 40.6 Å². The lowest BCUT2D eigenvalue weighted by molar-refractivity contribution is 1.01. The Balaban J connectivity index is 2.31. The van der Waals surface area contributed by atoms with Crippen LogP contribution in [0.1, 0.15) is 41.1 Å². The van der Waals surface area contributed by atoms with E-state index in [1.807, 2.05) is 0 Å². The zero-order valence-corrected chi connectivity index (χ0v) is 10.5. The topological polar surface area (TPSA) is 38.9 Å². The van der Waals surface area contributed by atoms with Crippen LogP contribution in [-0.2, 0) is 6.54 Å². The van der Waals surface area contributed by atoms with Crippen molar-refractivity contribution >= 4 is 10.9 Å². The van der Waals surface area contributed by atoms with E-state index in [0.717, 1.165) is 5.52 Å². The van der Waals surface area contributed by atoms with E-state index in [1.54, 1.807) is 0 Å². The highest BCUT2D eigenvalue weighted by Crippen LogP contribution is 2.40. The van der Waals surface area contributed by atoms with Crippen molar-refractivity contribution in [3.63, 3.8) is 0 Å². The highest BCUT2D eigenvalue weighted by Gasteiger charge is 2.25. The second kappa shape index (κ2) is 3.81. The molecule has 1 saturated carbocycles. The van der Waals surface area contributed by atoms with E-state index in [2.05, 4.69) is 32.0 Å². The Hall–Kier alpha value is -1.41. The van der Waals surface area contributed by atoms with Gasteiger partial charge in [-0.3, -0.25) is 4.98 Å². The number of rotatable bonds is 2. The average molecular weight is 226 g/mol. The van der Waals surface area contributed by atoms with Crippen LogP contribution >= 0.6 is 0 Å². The first kappa shape index (κ1) is 10.7. The minimum absolute atomic E-state index is 0.600. The van der Waals surface area contributed by atoms with Crippen molar-refractivity contribution in [1.82, 2.24) is 4.98 Å². The number of benzene rings is 1. The molecule has 0 unspecified atom stereocenters. The summed E-state index contributed by atoms with van der Waals surface area (Å²) in [6.07, 6.45) is 2.57. The number of hydrogen-bond donors (Lipinski definition) is 1. The van der Waals surface area contributed by atoms with Crippen LogP contribution in [0.2, 0.25) is 0 Å². The maximum atomic E-state index is 5.88. The molecule has 1 aliphatic rings. The third-order valence-electron chi connectivity index (χ3n) is 3.57. The molecule has 0 amide bonds. The summed E-state index contributed by atoms with van der Waals surface area (Å²) in [5, 5.41) is 1.25. The third kappa shape index (κ3) is 1.83. The molecule has 0 saturated heterocycles. The number of aromatic nitrogens is 1. The summed E-state index contributed by atoms with van der Waals surface area (Å²) in [6.45, 7) is 4.87. The lowest BCUT2D eigenvalue weighted by atomic mass is 10.00. The van der Waals surface area contributed by atoms with Gasteiger partial charge in [0.25, 0.3) is 0 Å². The Labute approximate surface area is 102 Å². The van der Waals surface area contributed by atoms with E-state index in [9.17, 15) is 0 Å². The molecular formula is C15H18N2. The van der Waals surface area contributed by atoms with Crippen molar-refractivity contribution in [1.29, 1.82) is 0 Å². The van der Waals surface area contributed by atoms with Crippen LogP contribution in [0.4, 0.5) is 0 Å². The SMILES string of the molecule is Cc1cc(C)c2c(CN)cc(C3CC3)nc2c1. The number of fused-ring (bicyclic) bond motifs is 1. The number of hydrogen-bond acceptors (Lipinski definition) is 2. The third-order valence-corrected chi connectivity index (χ3v) is 3.57. The summed E-state index contributed by atoms with van der Waals surface area (Å²) in [6, 6.07) is 6.59. The minimum atomic E-state index is 0.600. The van der Waals surface area contributed by atoms with Crippen molar-refractivity contribution in [2.24, 2.45) is 5.73 Å². The van der Waals surface area contributed by atoms with Gasteiger partial charge in [0, 0.05) is 23.5 Å². The first-order valence-electron chi connectivity index (χ1n) is 6.30. The lowest BCUT2D eigenvalue weighted by Gasteiger charge is -2.11. The monoisotopic (exact) mass is 226 g/mol. The number of nitrogens with zero attached hydrogens (tertiary/aromatic N) is 1. The van der Waals surface area contributed by atoms with Crippen LogP contribution in [0.25, 0.3) is 10.9 Å². The first-order valence-corrected chi connectivity index (χ1v) is 6.30. The fourth-order valence-electron chi connectivity index (χ4n) is 2.62. The maximum absolute atomic E-state index is 5.88. The summed E-state index contributed by atoms with van der Waals surface area (Å²) in [7, 11) is 0. The smallest absolute Gasteiger partial charge is 0.0713 e. The Kier molecular flexibility index (Phi) is 2.40. The Morgan fingerprint density at radius 1 is 1.24 bits per heavy atom. The summed E-state index contributed by atoms with van der Waals surface area (Å²) in [4.78, 5) is 4.81. The van der Waals surface area contributed by atoms with Gasteiger partial charge in [0.2, 0.25) is 0 Å². The van der Waals surface area contributed by atoms with Crippen molar-refractivity contribution in [2.45, 2.75) is 39.2 Å². The van der Waals surface area contributed by atoms with Gasteiger partial charge >= 0.3 is 0 Å². The van der Waals surface area contributed by atoms with Crippen LogP contribution < -0.4 is 5.73 Å². The molecule has 0 bridgehead atoms. The van der Waals surface area contributed by atoms with Gasteiger partial charge in [-0.25, -0.2) is 0 Å². The zero-order chi connectivity index (χ0) is 12.0. The minimum Gasteiger partial charge on any atom is -0.326 e. The van der Waals surface area contributed by atoms with Gasteiger partial charge in [-0.15, -0.1) is 0 Å². The molecule has 0 radical (unpaired) electrons. The highest BCUT2D eigenvalue weighted by atomic mass is 14.7. The molecule has 3 rings (SSSR count). The van der Waals surface area contributed by atoms with E-state index in [-0.39, 0.29) is 0 Å². The van der Waals surface area contributed by atoms with Crippen molar-refractivity contribution in [2.75, 3.05) is 0 Å². The normalized spacial score (nSPS) is 15.5. The summed E-state index contributed by atoms with van der Waals surface area (Å²) < 4.78 is 0. The molecule has 0 aliphatic heterocycles. The van der Waals surface area contributed by atoms with Gasteiger partial charge in [0.05, 0.1) is 5.52 Å². The molecule has 1 aromatic heterocycles. The fraction of sp³-hybridized carbons (Fsp3) is 0.400. The molecule has 1 aromatic carbocycles. The van der Waals surface area contributed by atoms with Gasteiger partial charge in [-0.2, -0.15) is 0 Å². The zero-order valence-electron chi connectivity index (χ0n) is 10.5. The summed E-state index contributed by atoms with van der Waals surface area (Å²) in [5.74, 6) is 0.686. The Morgan fingerprint density at radius 3 is 2.65 bits per heavy atom. The molecule has 1 heterocycles. The number of aryl methyl sites for hydroxylation is 2. The molecule has 2 nitrogen and oxygen atoms in total. The second-order valence-corrected chi connectivity index (χ2v) is 5.16.